The molecule has 1 aliphatic rings. The first-order valence-electron chi connectivity index (χ1n) is 9.97. The van der Waals surface area contributed by atoms with Gasteiger partial charge in [-0.15, -0.1) is 0 Å². The lowest BCUT2D eigenvalue weighted by atomic mass is 10.1. The summed E-state index contributed by atoms with van der Waals surface area (Å²) in [4.78, 5) is 21.9. The second-order valence-corrected chi connectivity index (χ2v) is 8.50. The molecule has 1 aromatic carbocycles. The maximum Gasteiger partial charge on any atom is 0.416 e. The van der Waals surface area contributed by atoms with E-state index in [0.29, 0.717) is 17.6 Å². The number of rotatable bonds is 6. The third-order valence-electron chi connectivity index (χ3n) is 4.98. The van der Waals surface area contributed by atoms with Gasteiger partial charge in [-0.2, -0.15) is 36.4 Å². The topological polar surface area (TPSA) is 84.7 Å². The van der Waals surface area contributed by atoms with Crippen LogP contribution in [0.5, 0.6) is 0 Å². The van der Waals surface area contributed by atoms with Crippen LogP contribution in [0.1, 0.15) is 47.6 Å². The normalized spacial score (nSPS) is 14.1. The standard InChI is InChI=1S/C21H18ClF3N6OS.H2S/c1-11(29-19(32)13-6-14(21(23,24)25)8-15(22)7-13)18-27-10-28-31(18)17-5-4-16(9-26-17)30-20(33)12-2-3-12;/h4-12H,2-3H2,1H3,(H,29,32)(H,30,33);1H2/t11-;/m0./s1. The number of hydrogen-bond donors (Lipinski definition) is 2. The van der Waals surface area contributed by atoms with Gasteiger partial charge in [0, 0.05) is 16.5 Å². The molecule has 1 saturated carbocycles. The average Bonchev–Trinajstić information content (AvgIpc) is 3.50. The average molecular weight is 529 g/mol. The van der Waals surface area contributed by atoms with Crippen LogP contribution in [0.2, 0.25) is 5.02 Å². The van der Waals surface area contributed by atoms with Crippen LogP contribution < -0.4 is 10.6 Å². The fourth-order valence-electron chi connectivity index (χ4n) is 3.13. The summed E-state index contributed by atoms with van der Waals surface area (Å²) in [5, 5.41) is 9.74. The van der Waals surface area contributed by atoms with Gasteiger partial charge in [-0.1, -0.05) is 23.8 Å². The van der Waals surface area contributed by atoms with Crippen molar-refractivity contribution in [2.75, 3.05) is 5.32 Å². The number of pyridine rings is 1. The molecule has 4 rings (SSSR count). The number of anilines is 1. The molecule has 13 heteroatoms. The summed E-state index contributed by atoms with van der Waals surface area (Å²) in [5.41, 5.74) is -0.469. The number of carbonyl (C=O) groups excluding carboxylic acids is 1. The van der Waals surface area contributed by atoms with Gasteiger partial charge >= 0.3 is 6.18 Å². The number of thiocarbonyl (C=S) groups is 1. The molecule has 0 unspecified atom stereocenters. The highest BCUT2D eigenvalue weighted by Crippen LogP contribution is 2.32. The molecule has 1 aliphatic carbocycles. The Morgan fingerprint density at radius 3 is 2.59 bits per heavy atom. The van der Waals surface area contributed by atoms with E-state index in [2.05, 4.69) is 25.7 Å². The molecule has 1 amide bonds. The van der Waals surface area contributed by atoms with Crippen LogP contribution in [0, 0.1) is 5.92 Å². The van der Waals surface area contributed by atoms with Gasteiger partial charge in [0.15, 0.2) is 11.6 Å². The number of nitrogens with zero attached hydrogens (tertiary/aromatic N) is 4. The Hall–Kier alpha value is -2.70. The fraction of sp³-hybridized carbons (Fsp3) is 0.286. The van der Waals surface area contributed by atoms with Crippen LogP contribution in [0.4, 0.5) is 18.9 Å². The Balaban J connectivity index is 0.00000324. The van der Waals surface area contributed by atoms with Gasteiger partial charge in [0.1, 0.15) is 6.33 Å². The van der Waals surface area contributed by atoms with Crippen molar-refractivity contribution in [2.45, 2.75) is 32.0 Å². The first-order valence-corrected chi connectivity index (χ1v) is 10.8. The molecule has 2 N–H and O–H groups in total. The van der Waals surface area contributed by atoms with Crippen LogP contribution in [0.3, 0.4) is 0 Å². The third-order valence-corrected chi connectivity index (χ3v) is 5.63. The zero-order valence-electron chi connectivity index (χ0n) is 17.7. The highest BCUT2D eigenvalue weighted by Gasteiger charge is 2.32. The molecule has 0 radical (unpaired) electrons. The Labute approximate surface area is 210 Å². The lowest BCUT2D eigenvalue weighted by Gasteiger charge is -2.16. The highest BCUT2D eigenvalue weighted by molar-refractivity contribution is 7.80. The molecule has 0 spiro atoms. The molecule has 2 heterocycles. The summed E-state index contributed by atoms with van der Waals surface area (Å²) >= 11 is 11.1. The highest BCUT2D eigenvalue weighted by atomic mass is 35.5. The van der Waals surface area contributed by atoms with E-state index in [1.165, 1.54) is 17.1 Å². The SMILES string of the molecule is C[C@H](NC(=O)c1cc(Cl)cc(C(F)(F)F)c1)c1ncnn1-c1ccc(NC(=S)C2CC2)cn1.S. The van der Waals surface area contributed by atoms with Gasteiger partial charge in [-0.25, -0.2) is 9.97 Å². The van der Waals surface area contributed by atoms with Gasteiger partial charge in [0.05, 0.1) is 28.5 Å². The van der Waals surface area contributed by atoms with Crippen molar-refractivity contribution in [1.29, 1.82) is 0 Å². The lowest BCUT2D eigenvalue weighted by molar-refractivity contribution is -0.137. The monoisotopic (exact) mass is 528 g/mol. The van der Waals surface area contributed by atoms with E-state index in [1.807, 2.05) is 0 Å². The molecule has 180 valence electrons. The van der Waals surface area contributed by atoms with E-state index in [1.54, 1.807) is 25.3 Å². The predicted molar refractivity (Wildman–Crippen MR) is 131 cm³/mol. The number of aromatic nitrogens is 4. The van der Waals surface area contributed by atoms with E-state index in [0.717, 1.165) is 35.7 Å². The van der Waals surface area contributed by atoms with Gasteiger partial charge in [0.25, 0.3) is 5.91 Å². The Morgan fingerprint density at radius 2 is 1.97 bits per heavy atom. The minimum absolute atomic E-state index is 0. The van der Waals surface area contributed by atoms with Crippen LogP contribution in [0.15, 0.2) is 42.9 Å². The second kappa shape index (κ2) is 10.3. The summed E-state index contributed by atoms with van der Waals surface area (Å²) in [6, 6.07) is 5.52. The molecule has 1 fully saturated rings. The van der Waals surface area contributed by atoms with E-state index < -0.39 is 23.7 Å². The molecule has 3 aromatic rings. The van der Waals surface area contributed by atoms with Crippen molar-refractivity contribution < 1.29 is 18.0 Å². The minimum Gasteiger partial charge on any atom is -0.349 e. The zero-order chi connectivity index (χ0) is 23.8. The lowest BCUT2D eigenvalue weighted by Crippen LogP contribution is -2.29. The number of benzene rings is 1. The Bertz CT molecular complexity index is 1200. The predicted octanol–water partition coefficient (Wildman–Crippen LogP) is 5.09. The quantitative estimate of drug-likeness (QED) is 0.434. The molecule has 2 aromatic heterocycles. The summed E-state index contributed by atoms with van der Waals surface area (Å²) < 4.78 is 40.6. The van der Waals surface area contributed by atoms with Crippen LogP contribution in [-0.4, -0.2) is 30.6 Å². The molecule has 34 heavy (non-hydrogen) atoms. The summed E-state index contributed by atoms with van der Waals surface area (Å²) in [6.45, 7) is 1.64. The maximum absolute atomic E-state index is 13.0. The van der Waals surface area contributed by atoms with Crippen molar-refractivity contribution in [3.8, 4) is 5.82 Å². The Kier molecular flexibility index (Phi) is 7.84. The number of carbonyl (C=O) groups is 1. The third kappa shape index (κ3) is 6.05. The fourth-order valence-corrected chi connectivity index (χ4v) is 3.71. The number of alkyl halides is 3. The molecule has 0 bridgehead atoms. The minimum atomic E-state index is -4.62. The van der Waals surface area contributed by atoms with E-state index >= 15 is 0 Å². The summed E-state index contributed by atoms with van der Waals surface area (Å²) in [6.07, 6.45) is 0.477. The van der Waals surface area contributed by atoms with Crippen LogP contribution in [0.25, 0.3) is 5.82 Å². The summed E-state index contributed by atoms with van der Waals surface area (Å²) in [5.74, 6) is 0.501. The van der Waals surface area contributed by atoms with Crippen LogP contribution in [-0.2, 0) is 6.18 Å². The van der Waals surface area contributed by atoms with E-state index in [4.69, 9.17) is 23.8 Å². The smallest absolute Gasteiger partial charge is 0.349 e. The molecule has 1 atom stereocenters. The summed E-state index contributed by atoms with van der Waals surface area (Å²) in [7, 11) is 0. The largest absolute Gasteiger partial charge is 0.416 e. The first-order chi connectivity index (χ1) is 15.6. The number of halogens is 4. The van der Waals surface area contributed by atoms with Crippen molar-refractivity contribution in [3.05, 3.63) is 64.8 Å². The second-order valence-electron chi connectivity index (χ2n) is 7.62. The molecule has 0 aliphatic heterocycles. The van der Waals surface area contributed by atoms with Gasteiger partial charge in [-0.05, 0) is 50.1 Å². The van der Waals surface area contributed by atoms with Gasteiger partial charge in [-0.3, -0.25) is 4.79 Å². The van der Waals surface area contributed by atoms with Crippen molar-refractivity contribution in [2.24, 2.45) is 5.92 Å². The van der Waals surface area contributed by atoms with Crippen LogP contribution >= 0.6 is 37.3 Å². The van der Waals surface area contributed by atoms with E-state index in [-0.39, 0.29) is 24.1 Å². The van der Waals surface area contributed by atoms with Crippen molar-refractivity contribution in [1.82, 2.24) is 25.1 Å². The Morgan fingerprint density at radius 1 is 1.24 bits per heavy atom. The van der Waals surface area contributed by atoms with E-state index in [9.17, 15) is 18.0 Å². The molecular formula is C21H20ClF3N6OS2. The van der Waals surface area contributed by atoms with Gasteiger partial charge < -0.3 is 10.6 Å². The maximum atomic E-state index is 13.0. The molecule has 7 nitrogen and oxygen atoms in total. The molecule has 0 saturated heterocycles. The number of hydrogen-bond acceptors (Lipinski definition) is 5. The van der Waals surface area contributed by atoms with Crippen molar-refractivity contribution >= 4 is 53.9 Å². The van der Waals surface area contributed by atoms with Gasteiger partial charge in [0.2, 0.25) is 0 Å². The molecular weight excluding hydrogens is 509 g/mol. The number of amides is 1. The first kappa shape index (κ1) is 25.9. The number of nitrogens with one attached hydrogen (secondary N) is 2. The van der Waals surface area contributed by atoms with Crippen molar-refractivity contribution in [3.63, 3.8) is 0 Å². The zero-order valence-corrected chi connectivity index (χ0v) is 20.3.